The van der Waals surface area contributed by atoms with Gasteiger partial charge in [-0.05, 0) is 37.8 Å². The smallest absolute Gasteiger partial charge is 0.00462 e. The van der Waals surface area contributed by atoms with Crippen LogP contribution in [0.15, 0.2) is 0 Å². The van der Waals surface area contributed by atoms with Crippen molar-refractivity contribution >= 4 is 0 Å². The monoisotopic (exact) mass is 281 g/mol. The lowest BCUT2D eigenvalue weighted by Gasteiger charge is -2.31. The van der Waals surface area contributed by atoms with Crippen LogP contribution in [0.1, 0.15) is 97.3 Å². The van der Waals surface area contributed by atoms with Crippen molar-refractivity contribution < 1.29 is 0 Å². The Balaban J connectivity index is 2.22. The molecule has 1 atom stereocenters. The van der Waals surface area contributed by atoms with Crippen molar-refractivity contribution in [2.75, 3.05) is 13.1 Å². The lowest BCUT2D eigenvalue weighted by atomic mass is 9.79. The molecule has 1 nitrogen and oxygen atoms in total. The zero-order chi connectivity index (χ0) is 14.5. The van der Waals surface area contributed by atoms with E-state index in [-0.39, 0.29) is 0 Å². The van der Waals surface area contributed by atoms with Crippen molar-refractivity contribution in [3.63, 3.8) is 0 Å². The summed E-state index contributed by atoms with van der Waals surface area (Å²) in [4.78, 5) is 0. The zero-order valence-electron chi connectivity index (χ0n) is 14.3. The van der Waals surface area contributed by atoms with E-state index >= 15 is 0 Å². The van der Waals surface area contributed by atoms with E-state index in [0.717, 1.165) is 11.8 Å². The largest absolute Gasteiger partial charge is 0.317 e. The van der Waals surface area contributed by atoms with Crippen molar-refractivity contribution in [3.05, 3.63) is 0 Å². The predicted octanol–water partition coefficient (Wildman–Crippen LogP) is 5.93. The summed E-state index contributed by atoms with van der Waals surface area (Å²) < 4.78 is 0. The first-order chi connectivity index (χ1) is 9.88. The molecular formula is C19H39N. The minimum absolute atomic E-state index is 1.03. The number of rotatable bonds is 12. The molecule has 1 saturated heterocycles. The molecule has 0 aliphatic carbocycles. The molecule has 1 rings (SSSR count). The van der Waals surface area contributed by atoms with Crippen molar-refractivity contribution in [1.82, 2.24) is 5.32 Å². The van der Waals surface area contributed by atoms with Crippen molar-refractivity contribution in [2.45, 2.75) is 97.3 Å². The molecule has 1 aliphatic rings. The van der Waals surface area contributed by atoms with Crippen LogP contribution >= 0.6 is 0 Å². The second-order valence-electron chi connectivity index (χ2n) is 6.90. The second-order valence-corrected chi connectivity index (χ2v) is 6.90. The fraction of sp³-hybridized carbons (Fsp3) is 1.00. The molecule has 20 heavy (non-hydrogen) atoms. The number of nitrogens with one attached hydrogen (secondary N) is 1. The van der Waals surface area contributed by atoms with Gasteiger partial charge in [0.1, 0.15) is 0 Å². The minimum Gasteiger partial charge on any atom is -0.317 e. The standard InChI is InChI=1S/C19H39N/c1-3-5-7-9-11-13-18(12-10-8-6-4-2)19-14-16-20-17-15-19/h18-20H,3-17H2,1-2H3. The van der Waals surface area contributed by atoms with Gasteiger partial charge in [0.25, 0.3) is 0 Å². The summed E-state index contributed by atoms with van der Waals surface area (Å²) >= 11 is 0. The summed E-state index contributed by atoms with van der Waals surface area (Å²) in [6.45, 7) is 7.17. The van der Waals surface area contributed by atoms with Gasteiger partial charge in [0.05, 0.1) is 0 Å². The molecule has 1 heterocycles. The molecule has 1 N–H and O–H groups in total. The first kappa shape index (κ1) is 18.0. The van der Waals surface area contributed by atoms with Gasteiger partial charge in [0, 0.05) is 0 Å². The Morgan fingerprint density at radius 3 is 1.80 bits per heavy atom. The van der Waals surface area contributed by atoms with Crippen molar-refractivity contribution in [1.29, 1.82) is 0 Å². The third-order valence-corrected chi connectivity index (χ3v) is 5.16. The summed E-state index contributed by atoms with van der Waals surface area (Å²) in [5.74, 6) is 2.07. The molecule has 1 aliphatic heterocycles. The number of unbranched alkanes of at least 4 members (excludes halogenated alkanes) is 7. The van der Waals surface area contributed by atoms with Gasteiger partial charge in [-0.15, -0.1) is 0 Å². The molecule has 1 unspecified atom stereocenters. The van der Waals surface area contributed by atoms with Crippen molar-refractivity contribution in [3.8, 4) is 0 Å². The molecule has 0 aromatic rings. The molecule has 0 aromatic carbocycles. The van der Waals surface area contributed by atoms with Crippen LogP contribution in [0.5, 0.6) is 0 Å². The molecule has 120 valence electrons. The van der Waals surface area contributed by atoms with E-state index in [1.165, 1.54) is 96.6 Å². The Bertz CT molecular complexity index is 196. The number of hydrogen-bond acceptors (Lipinski definition) is 1. The fourth-order valence-corrected chi connectivity index (χ4v) is 3.77. The van der Waals surface area contributed by atoms with Crippen LogP contribution in [-0.2, 0) is 0 Å². The second kappa shape index (κ2) is 12.7. The topological polar surface area (TPSA) is 12.0 Å². The van der Waals surface area contributed by atoms with E-state index < -0.39 is 0 Å². The molecule has 0 radical (unpaired) electrons. The van der Waals surface area contributed by atoms with Crippen LogP contribution in [0.25, 0.3) is 0 Å². The Hall–Kier alpha value is -0.0400. The Morgan fingerprint density at radius 1 is 0.750 bits per heavy atom. The summed E-state index contributed by atoms with van der Waals surface area (Å²) in [7, 11) is 0. The van der Waals surface area contributed by atoms with Crippen molar-refractivity contribution in [2.24, 2.45) is 11.8 Å². The Morgan fingerprint density at radius 2 is 1.25 bits per heavy atom. The molecule has 0 bridgehead atoms. The molecule has 0 spiro atoms. The highest BCUT2D eigenvalue weighted by Crippen LogP contribution is 2.31. The molecule has 0 aromatic heterocycles. The summed E-state index contributed by atoms with van der Waals surface area (Å²) in [6.07, 6.45) is 18.9. The maximum atomic E-state index is 3.53. The van der Waals surface area contributed by atoms with Gasteiger partial charge in [-0.25, -0.2) is 0 Å². The first-order valence-corrected chi connectivity index (χ1v) is 9.59. The van der Waals surface area contributed by atoms with Gasteiger partial charge in [0.15, 0.2) is 0 Å². The van der Waals surface area contributed by atoms with Crippen LogP contribution < -0.4 is 5.32 Å². The van der Waals surface area contributed by atoms with Gasteiger partial charge in [-0.2, -0.15) is 0 Å². The Labute approximate surface area is 128 Å². The minimum atomic E-state index is 1.03. The van der Waals surface area contributed by atoms with E-state index in [2.05, 4.69) is 19.2 Å². The molecule has 0 saturated carbocycles. The highest BCUT2D eigenvalue weighted by molar-refractivity contribution is 4.76. The van der Waals surface area contributed by atoms with Crippen LogP contribution in [0, 0.1) is 11.8 Å². The third-order valence-electron chi connectivity index (χ3n) is 5.16. The van der Waals surface area contributed by atoms with Gasteiger partial charge >= 0.3 is 0 Å². The summed E-state index contributed by atoms with van der Waals surface area (Å²) in [5, 5.41) is 3.53. The first-order valence-electron chi connectivity index (χ1n) is 9.59. The molecule has 1 heteroatoms. The number of piperidine rings is 1. The van der Waals surface area contributed by atoms with Crippen LogP contribution in [0.3, 0.4) is 0 Å². The van der Waals surface area contributed by atoms with E-state index in [1.54, 1.807) is 0 Å². The summed E-state index contributed by atoms with van der Waals surface area (Å²) in [6, 6.07) is 0. The number of hydrogen-bond donors (Lipinski definition) is 1. The average Bonchev–Trinajstić information content (AvgIpc) is 2.50. The van der Waals surface area contributed by atoms with Crippen LogP contribution in [0.2, 0.25) is 0 Å². The molecule has 0 amide bonds. The van der Waals surface area contributed by atoms with Gasteiger partial charge < -0.3 is 5.32 Å². The fourth-order valence-electron chi connectivity index (χ4n) is 3.77. The van der Waals surface area contributed by atoms with Gasteiger partial charge in [-0.1, -0.05) is 84.5 Å². The SMILES string of the molecule is CCCCCCCC(CCCCCC)C1CCNCC1. The van der Waals surface area contributed by atoms with E-state index in [4.69, 9.17) is 0 Å². The molecular weight excluding hydrogens is 242 g/mol. The van der Waals surface area contributed by atoms with Crippen LogP contribution in [0.4, 0.5) is 0 Å². The highest BCUT2D eigenvalue weighted by Gasteiger charge is 2.22. The van der Waals surface area contributed by atoms with E-state index in [0.29, 0.717) is 0 Å². The molecule has 1 fully saturated rings. The average molecular weight is 282 g/mol. The highest BCUT2D eigenvalue weighted by atomic mass is 14.9. The lowest BCUT2D eigenvalue weighted by molar-refractivity contribution is 0.224. The Kier molecular flexibility index (Phi) is 11.4. The maximum Gasteiger partial charge on any atom is -0.00462 e. The lowest BCUT2D eigenvalue weighted by Crippen LogP contribution is -2.31. The zero-order valence-corrected chi connectivity index (χ0v) is 14.3. The van der Waals surface area contributed by atoms with Crippen LogP contribution in [-0.4, -0.2) is 13.1 Å². The maximum absolute atomic E-state index is 3.53. The quantitative estimate of drug-likeness (QED) is 0.437. The predicted molar refractivity (Wildman–Crippen MR) is 91.2 cm³/mol. The third kappa shape index (κ3) is 8.29. The van der Waals surface area contributed by atoms with Gasteiger partial charge in [-0.3, -0.25) is 0 Å². The normalized spacial score (nSPS) is 18.3. The van der Waals surface area contributed by atoms with E-state index in [9.17, 15) is 0 Å². The van der Waals surface area contributed by atoms with Gasteiger partial charge in [0.2, 0.25) is 0 Å². The van der Waals surface area contributed by atoms with E-state index in [1.807, 2.05) is 0 Å². The summed E-state index contributed by atoms with van der Waals surface area (Å²) in [5.41, 5.74) is 0.